The van der Waals surface area contributed by atoms with E-state index in [9.17, 15) is 10.1 Å². The maximum Gasteiger partial charge on any atom is 0.290 e. The molecule has 0 spiro atoms. The predicted molar refractivity (Wildman–Crippen MR) is 70.3 cm³/mol. The third-order valence-electron chi connectivity index (χ3n) is 2.60. The van der Waals surface area contributed by atoms with Crippen LogP contribution in [0.1, 0.15) is 11.1 Å². The van der Waals surface area contributed by atoms with E-state index in [-0.39, 0.29) is 23.6 Å². The highest BCUT2D eigenvalue weighted by molar-refractivity contribution is 5.53. The maximum atomic E-state index is 10.9. The second-order valence-electron chi connectivity index (χ2n) is 3.96. The Bertz CT molecular complexity index is 692. The number of nitro benzene ring substituents is 1. The summed E-state index contributed by atoms with van der Waals surface area (Å²) in [5.41, 5.74) is 0.348. The lowest BCUT2D eigenvalue weighted by Crippen LogP contribution is -1.94. The van der Waals surface area contributed by atoms with Crippen LogP contribution in [0.25, 0.3) is 0 Å². The summed E-state index contributed by atoms with van der Waals surface area (Å²) in [5.74, 6) is 0.710. The SMILES string of the molecule is N#Cc1ccc(Oc2cccc(CO)c2)cc1[N+](=O)[O-]. The molecule has 20 heavy (non-hydrogen) atoms. The van der Waals surface area contributed by atoms with Gasteiger partial charge in [-0.3, -0.25) is 10.1 Å². The molecule has 0 radical (unpaired) electrons. The number of ether oxygens (including phenoxy) is 1. The number of aliphatic hydroxyl groups is 1. The fourth-order valence-corrected chi connectivity index (χ4v) is 1.66. The number of nitrogens with zero attached hydrogens (tertiary/aromatic N) is 2. The van der Waals surface area contributed by atoms with Gasteiger partial charge in [0.2, 0.25) is 0 Å². The molecule has 0 aliphatic carbocycles. The van der Waals surface area contributed by atoms with Gasteiger partial charge in [-0.1, -0.05) is 12.1 Å². The minimum atomic E-state index is -0.629. The smallest absolute Gasteiger partial charge is 0.290 e. The van der Waals surface area contributed by atoms with Crippen molar-refractivity contribution >= 4 is 5.69 Å². The molecule has 0 saturated carbocycles. The fraction of sp³-hybridized carbons (Fsp3) is 0.0714. The van der Waals surface area contributed by atoms with Crippen LogP contribution >= 0.6 is 0 Å². The highest BCUT2D eigenvalue weighted by Gasteiger charge is 2.15. The lowest BCUT2D eigenvalue weighted by molar-refractivity contribution is -0.385. The average Bonchev–Trinajstić information content (AvgIpc) is 2.47. The molecular weight excluding hydrogens is 260 g/mol. The lowest BCUT2D eigenvalue weighted by atomic mass is 10.2. The van der Waals surface area contributed by atoms with Crippen LogP contribution in [0, 0.1) is 21.4 Å². The van der Waals surface area contributed by atoms with Gasteiger partial charge in [0, 0.05) is 0 Å². The number of nitro groups is 1. The summed E-state index contributed by atoms with van der Waals surface area (Å²) in [5, 5.41) is 28.7. The van der Waals surface area contributed by atoms with Gasteiger partial charge >= 0.3 is 0 Å². The molecule has 0 amide bonds. The van der Waals surface area contributed by atoms with E-state index in [0.717, 1.165) is 0 Å². The van der Waals surface area contributed by atoms with E-state index in [1.54, 1.807) is 30.3 Å². The van der Waals surface area contributed by atoms with Gasteiger partial charge in [0.25, 0.3) is 5.69 Å². The Morgan fingerprint density at radius 1 is 1.25 bits per heavy atom. The zero-order chi connectivity index (χ0) is 14.5. The normalized spacial score (nSPS) is 9.80. The van der Waals surface area contributed by atoms with Crippen molar-refractivity contribution in [3.05, 3.63) is 63.7 Å². The zero-order valence-electron chi connectivity index (χ0n) is 10.3. The van der Waals surface area contributed by atoms with Crippen LogP contribution in [0.3, 0.4) is 0 Å². The van der Waals surface area contributed by atoms with Gasteiger partial charge < -0.3 is 9.84 Å². The lowest BCUT2D eigenvalue weighted by Gasteiger charge is -2.07. The van der Waals surface area contributed by atoms with Crippen molar-refractivity contribution in [3.63, 3.8) is 0 Å². The number of benzene rings is 2. The summed E-state index contributed by atoms with van der Waals surface area (Å²) in [6.45, 7) is -0.120. The quantitative estimate of drug-likeness (QED) is 0.680. The first-order valence-electron chi connectivity index (χ1n) is 5.70. The summed E-state index contributed by atoms with van der Waals surface area (Å²) in [6.07, 6.45) is 0. The van der Waals surface area contributed by atoms with Crippen LogP contribution in [0.15, 0.2) is 42.5 Å². The molecule has 0 unspecified atom stereocenters. The maximum absolute atomic E-state index is 10.9. The predicted octanol–water partition coefficient (Wildman–Crippen LogP) is 2.75. The number of nitriles is 1. The monoisotopic (exact) mass is 270 g/mol. The number of aliphatic hydroxyl groups excluding tert-OH is 1. The molecule has 1 N–H and O–H groups in total. The molecule has 100 valence electrons. The Morgan fingerprint density at radius 3 is 2.65 bits per heavy atom. The molecule has 0 saturated heterocycles. The highest BCUT2D eigenvalue weighted by Crippen LogP contribution is 2.28. The molecule has 0 bridgehead atoms. The number of rotatable bonds is 4. The summed E-state index contributed by atoms with van der Waals surface area (Å²) in [6, 6.07) is 12.5. The highest BCUT2D eigenvalue weighted by atomic mass is 16.6. The van der Waals surface area contributed by atoms with Gasteiger partial charge in [-0.05, 0) is 29.8 Å². The Balaban J connectivity index is 2.32. The Kier molecular flexibility index (Phi) is 3.93. The van der Waals surface area contributed by atoms with Crippen molar-refractivity contribution in [2.45, 2.75) is 6.61 Å². The second-order valence-corrected chi connectivity index (χ2v) is 3.96. The van der Waals surface area contributed by atoms with Crippen molar-refractivity contribution in [1.82, 2.24) is 0 Å². The summed E-state index contributed by atoms with van der Waals surface area (Å²) in [7, 11) is 0. The largest absolute Gasteiger partial charge is 0.457 e. The Morgan fingerprint density at radius 2 is 2.00 bits per heavy atom. The van der Waals surface area contributed by atoms with E-state index in [1.165, 1.54) is 18.2 Å². The fourth-order valence-electron chi connectivity index (χ4n) is 1.66. The van der Waals surface area contributed by atoms with Crippen molar-refractivity contribution in [2.75, 3.05) is 0 Å². The zero-order valence-corrected chi connectivity index (χ0v) is 10.3. The van der Waals surface area contributed by atoms with Crippen LogP contribution < -0.4 is 4.74 Å². The van der Waals surface area contributed by atoms with Gasteiger partial charge in [-0.25, -0.2) is 0 Å². The molecule has 6 nitrogen and oxygen atoms in total. The second kappa shape index (κ2) is 5.82. The first-order valence-corrected chi connectivity index (χ1v) is 5.70. The third kappa shape index (κ3) is 2.91. The van der Waals surface area contributed by atoms with Gasteiger partial charge in [-0.2, -0.15) is 5.26 Å². The average molecular weight is 270 g/mol. The van der Waals surface area contributed by atoms with Crippen LogP contribution in [-0.2, 0) is 6.61 Å². The molecule has 2 aromatic rings. The molecule has 6 heteroatoms. The van der Waals surface area contributed by atoms with Crippen LogP contribution in [-0.4, -0.2) is 10.0 Å². The third-order valence-corrected chi connectivity index (χ3v) is 2.60. The first kappa shape index (κ1) is 13.5. The molecule has 0 aliphatic rings. The summed E-state index contributed by atoms with van der Waals surface area (Å²) in [4.78, 5) is 10.2. The van der Waals surface area contributed by atoms with Crippen molar-refractivity contribution < 1.29 is 14.8 Å². The first-order chi connectivity index (χ1) is 9.63. The van der Waals surface area contributed by atoms with Gasteiger partial charge in [0.1, 0.15) is 23.1 Å². The minimum absolute atomic E-state index is 0.0218. The topological polar surface area (TPSA) is 96.4 Å². The number of hydrogen-bond acceptors (Lipinski definition) is 5. The van der Waals surface area contributed by atoms with Crippen molar-refractivity contribution in [3.8, 4) is 17.6 Å². The van der Waals surface area contributed by atoms with E-state index in [4.69, 9.17) is 15.1 Å². The van der Waals surface area contributed by atoms with Gasteiger partial charge in [0.05, 0.1) is 17.6 Å². The van der Waals surface area contributed by atoms with E-state index in [1.807, 2.05) is 0 Å². The molecule has 2 rings (SSSR count). The van der Waals surface area contributed by atoms with Crippen LogP contribution in [0.4, 0.5) is 5.69 Å². The van der Waals surface area contributed by atoms with E-state index >= 15 is 0 Å². The minimum Gasteiger partial charge on any atom is -0.457 e. The molecule has 0 fully saturated rings. The van der Waals surface area contributed by atoms with Gasteiger partial charge in [0.15, 0.2) is 0 Å². The molecule has 0 atom stereocenters. The Hall–Kier alpha value is -2.91. The molecule has 0 heterocycles. The van der Waals surface area contributed by atoms with Crippen LogP contribution in [0.2, 0.25) is 0 Å². The Labute approximate surface area is 114 Å². The standard InChI is InChI=1S/C14H10N2O4/c15-8-11-4-5-13(7-14(11)16(18)19)20-12-3-1-2-10(6-12)9-17/h1-7,17H,9H2. The molecule has 0 aliphatic heterocycles. The van der Waals surface area contributed by atoms with Crippen molar-refractivity contribution in [2.24, 2.45) is 0 Å². The van der Waals surface area contributed by atoms with Crippen LogP contribution in [0.5, 0.6) is 11.5 Å². The molecule has 2 aromatic carbocycles. The molecule has 0 aromatic heterocycles. The van der Waals surface area contributed by atoms with E-state index < -0.39 is 4.92 Å². The van der Waals surface area contributed by atoms with E-state index in [0.29, 0.717) is 11.3 Å². The van der Waals surface area contributed by atoms with Gasteiger partial charge in [-0.15, -0.1) is 0 Å². The summed E-state index contributed by atoms with van der Waals surface area (Å²) < 4.78 is 5.49. The molecular formula is C14H10N2O4. The summed E-state index contributed by atoms with van der Waals surface area (Å²) >= 11 is 0. The van der Waals surface area contributed by atoms with Crippen molar-refractivity contribution in [1.29, 1.82) is 5.26 Å². The number of hydrogen-bond donors (Lipinski definition) is 1. The van der Waals surface area contributed by atoms with E-state index in [2.05, 4.69) is 0 Å².